The molecule has 1 unspecified atom stereocenters. The third kappa shape index (κ3) is 3.88. The highest BCUT2D eigenvalue weighted by atomic mass is 16.5. The summed E-state index contributed by atoms with van der Waals surface area (Å²) in [6.07, 6.45) is 2.01. The van der Waals surface area contributed by atoms with Gasteiger partial charge in [-0.3, -0.25) is 4.79 Å². The summed E-state index contributed by atoms with van der Waals surface area (Å²) >= 11 is 0. The molecule has 0 saturated heterocycles. The normalized spacial score (nSPS) is 15.5. The molecule has 1 aliphatic rings. The summed E-state index contributed by atoms with van der Waals surface area (Å²) in [6.45, 7) is 6.07. The molecular weight excluding hydrogens is 292 g/mol. The zero-order valence-electron chi connectivity index (χ0n) is 13.7. The van der Waals surface area contributed by atoms with Gasteiger partial charge in [0.1, 0.15) is 0 Å². The molecule has 6 nitrogen and oxygen atoms in total. The summed E-state index contributed by atoms with van der Waals surface area (Å²) in [5.74, 6) is 1.26. The number of aromatic nitrogens is 2. The average molecular weight is 314 g/mol. The van der Waals surface area contributed by atoms with Crippen LogP contribution in [0.25, 0.3) is 0 Å². The van der Waals surface area contributed by atoms with E-state index in [0.717, 1.165) is 24.1 Å². The number of nitrogens with one attached hydrogen (secondary N) is 2. The van der Waals surface area contributed by atoms with Crippen LogP contribution in [-0.2, 0) is 4.79 Å². The molecule has 1 aliphatic carbocycles. The maximum atomic E-state index is 11.7. The fourth-order valence-corrected chi connectivity index (χ4v) is 2.24. The van der Waals surface area contributed by atoms with Gasteiger partial charge in [0.05, 0.1) is 6.04 Å². The van der Waals surface area contributed by atoms with Crippen molar-refractivity contribution in [1.29, 1.82) is 0 Å². The van der Waals surface area contributed by atoms with Gasteiger partial charge in [0.2, 0.25) is 5.91 Å². The highest BCUT2D eigenvalue weighted by Crippen LogP contribution is 2.30. The molecule has 0 bridgehead atoms. The summed E-state index contributed by atoms with van der Waals surface area (Å²) in [6, 6.07) is 8.26. The molecule has 1 fully saturated rings. The fraction of sp³-hybridized carbons (Fsp3) is 0.471. The first-order chi connectivity index (χ1) is 11.0. The highest BCUT2D eigenvalue weighted by Gasteiger charge is 2.29. The van der Waals surface area contributed by atoms with Gasteiger partial charge in [-0.25, -0.2) is 0 Å². The standard InChI is InChI=1S/C17H22N4O2/c1-10(2)15-20-17(23-21-15)18-11(3)12-6-8-14(9-7-12)19-16(22)13-4-5-13/h6-11,13H,4-5H2,1-3H3,(H,19,22)(H,18,20,21). The van der Waals surface area contributed by atoms with Crippen LogP contribution < -0.4 is 10.6 Å². The van der Waals surface area contributed by atoms with Gasteiger partial charge in [-0.05, 0) is 37.5 Å². The minimum absolute atomic E-state index is 0.0312. The Bertz CT molecular complexity index is 674. The zero-order chi connectivity index (χ0) is 16.4. The second kappa shape index (κ2) is 6.40. The number of nitrogens with zero attached hydrogens (tertiary/aromatic N) is 2. The lowest BCUT2D eigenvalue weighted by molar-refractivity contribution is -0.117. The summed E-state index contributed by atoms with van der Waals surface area (Å²) < 4.78 is 5.20. The van der Waals surface area contributed by atoms with E-state index in [1.807, 2.05) is 45.0 Å². The first kappa shape index (κ1) is 15.5. The molecule has 0 aliphatic heterocycles. The number of hydrogen-bond donors (Lipinski definition) is 2. The number of amides is 1. The van der Waals surface area contributed by atoms with Gasteiger partial charge in [0.15, 0.2) is 5.82 Å². The number of anilines is 2. The molecule has 1 aromatic carbocycles. The Balaban J connectivity index is 1.60. The van der Waals surface area contributed by atoms with Crippen molar-refractivity contribution in [3.8, 4) is 0 Å². The molecule has 1 aromatic heterocycles. The molecule has 1 amide bonds. The molecular formula is C17H22N4O2. The van der Waals surface area contributed by atoms with E-state index < -0.39 is 0 Å². The van der Waals surface area contributed by atoms with E-state index >= 15 is 0 Å². The molecule has 1 atom stereocenters. The van der Waals surface area contributed by atoms with Gasteiger partial charge < -0.3 is 15.2 Å². The quantitative estimate of drug-likeness (QED) is 0.849. The van der Waals surface area contributed by atoms with E-state index in [9.17, 15) is 4.79 Å². The number of benzene rings is 1. The largest absolute Gasteiger partial charge is 0.331 e. The molecule has 6 heteroatoms. The van der Waals surface area contributed by atoms with E-state index in [0.29, 0.717) is 11.8 Å². The SMILES string of the molecule is CC(C)c1noc(NC(C)c2ccc(NC(=O)C3CC3)cc2)n1. The van der Waals surface area contributed by atoms with E-state index in [2.05, 4.69) is 20.8 Å². The number of hydrogen-bond acceptors (Lipinski definition) is 5. The van der Waals surface area contributed by atoms with E-state index in [-0.39, 0.29) is 23.8 Å². The van der Waals surface area contributed by atoms with Gasteiger partial charge >= 0.3 is 6.01 Å². The van der Waals surface area contributed by atoms with Crippen molar-refractivity contribution in [3.63, 3.8) is 0 Å². The fourth-order valence-electron chi connectivity index (χ4n) is 2.24. The van der Waals surface area contributed by atoms with Crippen LogP contribution in [0.2, 0.25) is 0 Å². The van der Waals surface area contributed by atoms with Crippen molar-refractivity contribution in [2.75, 3.05) is 10.6 Å². The van der Waals surface area contributed by atoms with Gasteiger partial charge in [0.25, 0.3) is 0 Å². The van der Waals surface area contributed by atoms with Gasteiger partial charge in [-0.15, -0.1) is 0 Å². The monoisotopic (exact) mass is 314 g/mol. The summed E-state index contributed by atoms with van der Waals surface area (Å²) in [4.78, 5) is 16.1. The molecule has 0 radical (unpaired) electrons. The third-order valence-electron chi connectivity index (χ3n) is 3.92. The van der Waals surface area contributed by atoms with Gasteiger partial charge in [-0.1, -0.05) is 31.1 Å². The van der Waals surface area contributed by atoms with Crippen molar-refractivity contribution < 1.29 is 9.32 Å². The predicted octanol–water partition coefficient (Wildman–Crippen LogP) is 3.71. The predicted molar refractivity (Wildman–Crippen MR) is 88.2 cm³/mol. The minimum Gasteiger partial charge on any atom is -0.331 e. The van der Waals surface area contributed by atoms with Crippen LogP contribution in [0.15, 0.2) is 28.8 Å². The summed E-state index contributed by atoms with van der Waals surface area (Å²) in [5.41, 5.74) is 1.91. The molecule has 3 rings (SSSR count). The van der Waals surface area contributed by atoms with E-state index in [1.54, 1.807) is 0 Å². The molecule has 23 heavy (non-hydrogen) atoms. The Labute approximate surface area is 135 Å². The van der Waals surface area contributed by atoms with Crippen LogP contribution in [0.1, 0.15) is 57.0 Å². The second-order valence-electron chi connectivity index (χ2n) is 6.36. The van der Waals surface area contributed by atoms with Gasteiger partial charge in [-0.2, -0.15) is 4.98 Å². The second-order valence-corrected chi connectivity index (χ2v) is 6.36. The van der Waals surface area contributed by atoms with Crippen LogP contribution in [0, 0.1) is 5.92 Å². The lowest BCUT2D eigenvalue weighted by Crippen LogP contribution is -2.13. The lowest BCUT2D eigenvalue weighted by atomic mass is 10.1. The van der Waals surface area contributed by atoms with Crippen molar-refractivity contribution in [2.24, 2.45) is 5.92 Å². The smallest absolute Gasteiger partial charge is 0.321 e. The van der Waals surface area contributed by atoms with Crippen molar-refractivity contribution in [3.05, 3.63) is 35.7 Å². The number of carbonyl (C=O) groups excluding carboxylic acids is 1. The summed E-state index contributed by atoms with van der Waals surface area (Å²) in [5, 5.41) is 10.1. The van der Waals surface area contributed by atoms with Crippen LogP contribution in [0.3, 0.4) is 0 Å². The molecule has 2 aromatic rings. The first-order valence-electron chi connectivity index (χ1n) is 8.04. The molecule has 0 spiro atoms. The first-order valence-corrected chi connectivity index (χ1v) is 8.04. The molecule has 1 heterocycles. The van der Waals surface area contributed by atoms with Crippen LogP contribution in [0.5, 0.6) is 0 Å². The van der Waals surface area contributed by atoms with Crippen LogP contribution in [0.4, 0.5) is 11.7 Å². The topological polar surface area (TPSA) is 80.0 Å². The Morgan fingerprint density at radius 3 is 2.48 bits per heavy atom. The highest BCUT2D eigenvalue weighted by molar-refractivity contribution is 5.94. The molecule has 1 saturated carbocycles. The number of rotatable bonds is 6. The molecule has 2 N–H and O–H groups in total. The van der Waals surface area contributed by atoms with Gasteiger partial charge in [0, 0.05) is 17.5 Å². The van der Waals surface area contributed by atoms with Crippen LogP contribution >= 0.6 is 0 Å². The molecule has 122 valence electrons. The minimum atomic E-state index is 0.0312. The lowest BCUT2D eigenvalue weighted by Gasteiger charge is -2.13. The average Bonchev–Trinajstić information content (AvgIpc) is 3.28. The van der Waals surface area contributed by atoms with Crippen molar-refractivity contribution >= 4 is 17.6 Å². The Morgan fingerprint density at radius 2 is 1.91 bits per heavy atom. The third-order valence-corrected chi connectivity index (χ3v) is 3.92. The number of carbonyl (C=O) groups is 1. The maximum Gasteiger partial charge on any atom is 0.321 e. The Kier molecular flexibility index (Phi) is 4.32. The zero-order valence-corrected chi connectivity index (χ0v) is 13.7. The Morgan fingerprint density at radius 1 is 1.22 bits per heavy atom. The summed E-state index contributed by atoms with van der Waals surface area (Å²) in [7, 11) is 0. The Hall–Kier alpha value is -2.37. The maximum absolute atomic E-state index is 11.7. The van der Waals surface area contributed by atoms with Crippen molar-refractivity contribution in [2.45, 2.75) is 45.6 Å². The van der Waals surface area contributed by atoms with E-state index in [4.69, 9.17) is 4.52 Å². The van der Waals surface area contributed by atoms with Crippen molar-refractivity contribution in [1.82, 2.24) is 10.1 Å². The van der Waals surface area contributed by atoms with Crippen LogP contribution in [-0.4, -0.2) is 16.0 Å². The van der Waals surface area contributed by atoms with E-state index in [1.165, 1.54) is 0 Å².